The first-order valence-electron chi connectivity index (χ1n) is 7.06. The number of aromatic nitrogens is 2. The van der Waals surface area contributed by atoms with Crippen molar-refractivity contribution in [1.29, 1.82) is 0 Å². The van der Waals surface area contributed by atoms with Gasteiger partial charge in [0.2, 0.25) is 5.95 Å². The smallest absolute Gasteiger partial charge is 0.229 e. The minimum absolute atomic E-state index is 0.642. The van der Waals surface area contributed by atoms with E-state index in [0.717, 1.165) is 24.6 Å². The van der Waals surface area contributed by atoms with Gasteiger partial charge in [-0.2, -0.15) is 4.98 Å². The maximum absolute atomic E-state index is 4.58. The van der Waals surface area contributed by atoms with Gasteiger partial charge in [0.1, 0.15) is 5.82 Å². The van der Waals surface area contributed by atoms with Crippen molar-refractivity contribution >= 4 is 17.5 Å². The van der Waals surface area contributed by atoms with E-state index in [2.05, 4.69) is 66.1 Å². The summed E-state index contributed by atoms with van der Waals surface area (Å²) in [6.07, 6.45) is 1.80. The molecule has 0 fully saturated rings. The summed E-state index contributed by atoms with van der Waals surface area (Å²) in [6, 6.07) is 8.27. The highest BCUT2D eigenvalue weighted by Gasteiger charge is 2.06. The summed E-state index contributed by atoms with van der Waals surface area (Å²) in [4.78, 5) is 11.1. The molecule has 2 aromatic rings. The van der Waals surface area contributed by atoms with Gasteiger partial charge in [0.15, 0.2) is 0 Å². The van der Waals surface area contributed by atoms with Gasteiger partial charge in [0.05, 0.1) is 0 Å². The molecule has 1 N–H and O–H groups in total. The number of anilines is 3. The fourth-order valence-corrected chi connectivity index (χ4v) is 2.12. The quantitative estimate of drug-likeness (QED) is 0.899. The first-order chi connectivity index (χ1) is 9.63. The molecule has 0 amide bonds. The van der Waals surface area contributed by atoms with E-state index in [1.807, 2.05) is 6.07 Å². The van der Waals surface area contributed by atoms with Crippen LogP contribution in [-0.4, -0.2) is 23.1 Å². The van der Waals surface area contributed by atoms with Crippen molar-refractivity contribution < 1.29 is 0 Å². The van der Waals surface area contributed by atoms with E-state index in [4.69, 9.17) is 0 Å². The van der Waals surface area contributed by atoms with Crippen LogP contribution in [0.2, 0.25) is 0 Å². The van der Waals surface area contributed by atoms with Crippen LogP contribution in [0.5, 0.6) is 0 Å². The van der Waals surface area contributed by atoms with Gasteiger partial charge in [-0.25, -0.2) is 4.98 Å². The van der Waals surface area contributed by atoms with Gasteiger partial charge in [-0.15, -0.1) is 0 Å². The fraction of sp³-hybridized carbons (Fsp3) is 0.375. The molecule has 2 rings (SSSR count). The highest BCUT2D eigenvalue weighted by molar-refractivity contribution is 5.60. The van der Waals surface area contributed by atoms with Crippen LogP contribution in [0.1, 0.15) is 25.0 Å². The molecule has 0 spiro atoms. The molecule has 1 aromatic heterocycles. The Kier molecular flexibility index (Phi) is 4.56. The first-order valence-corrected chi connectivity index (χ1v) is 7.06. The number of nitrogens with one attached hydrogen (secondary N) is 1. The number of hydrogen-bond donors (Lipinski definition) is 1. The topological polar surface area (TPSA) is 41.1 Å². The number of aryl methyl sites for hydroxylation is 2. The second kappa shape index (κ2) is 6.37. The van der Waals surface area contributed by atoms with Crippen LogP contribution in [0.4, 0.5) is 17.5 Å². The standard InChI is InChI=1S/C16H22N4/c1-5-20(6-2)15-9-10-17-16(19-15)18-14-11-12(3)7-8-13(14)4/h7-11H,5-6H2,1-4H3,(H,17,18,19). The van der Waals surface area contributed by atoms with Crippen LogP contribution in [0.15, 0.2) is 30.5 Å². The van der Waals surface area contributed by atoms with Crippen molar-refractivity contribution in [3.8, 4) is 0 Å². The van der Waals surface area contributed by atoms with Crippen LogP contribution >= 0.6 is 0 Å². The molecule has 0 saturated heterocycles. The van der Waals surface area contributed by atoms with Gasteiger partial charge in [-0.1, -0.05) is 12.1 Å². The van der Waals surface area contributed by atoms with Gasteiger partial charge in [0.25, 0.3) is 0 Å². The summed E-state index contributed by atoms with van der Waals surface area (Å²) in [5.74, 6) is 1.60. The summed E-state index contributed by atoms with van der Waals surface area (Å²) >= 11 is 0. The average molecular weight is 270 g/mol. The third-order valence-electron chi connectivity index (χ3n) is 3.37. The molecular weight excluding hydrogens is 248 g/mol. The molecule has 4 nitrogen and oxygen atoms in total. The maximum Gasteiger partial charge on any atom is 0.229 e. The molecule has 20 heavy (non-hydrogen) atoms. The van der Waals surface area contributed by atoms with E-state index < -0.39 is 0 Å². The van der Waals surface area contributed by atoms with E-state index >= 15 is 0 Å². The highest BCUT2D eigenvalue weighted by atomic mass is 15.2. The normalized spacial score (nSPS) is 10.4. The van der Waals surface area contributed by atoms with Crippen LogP contribution in [0.25, 0.3) is 0 Å². The Morgan fingerprint density at radius 2 is 1.85 bits per heavy atom. The predicted octanol–water partition coefficient (Wildman–Crippen LogP) is 3.68. The molecular formula is C16H22N4. The van der Waals surface area contributed by atoms with Crippen molar-refractivity contribution in [1.82, 2.24) is 9.97 Å². The zero-order chi connectivity index (χ0) is 14.5. The summed E-state index contributed by atoms with van der Waals surface area (Å²) in [5.41, 5.74) is 3.46. The van der Waals surface area contributed by atoms with E-state index in [9.17, 15) is 0 Å². The third kappa shape index (κ3) is 3.26. The number of nitrogens with zero attached hydrogens (tertiary/aromatic N) is 3. The van der Waals surface area contributed by atoms with E-state index in [1.54, 1.807) is 6.20 Å². The third-order valence-corrected chi connectivity index (χ3v) is 3.37. The zero-order valence-electron chi connectivity index (χ0n) is 12.6. The van der Waals surface area contributed by atoms with Crippen molar-refractivity contribution in [2.45, 2.75) is 27.7 Å². The van der Waals surface area contributed by atoms with Gasteiger partial charge in [-0.3, -0.25) is 0 Å². The Balaban J connectivity index is 2.25. The molecule has 4 heteroatoms. The molecule has 0 unspecified atom stereocenters. The van der Waals surface area contributed by atoms with Crippen molar-refractivity contribution in [3.05, 3.63) is 41.6 Å². The van der Waals surface area contributed by atoms with Crippen LogP contribution < -0.4 is 10.2 Å². The summed E-state index contributed by atoms with van der Waals surface area (Å²) in [6.45, 7) is 10.3. The zero-order valence-corrected chi connectivity index (χ0v) is 12.6. The summed E-state index contributed by atoms with van der Waals surface area (Å²) in [7, 11) is 0. The fourth-order valence-electron chi connectivity index (χ4n) is 2.12. The molecule has 1 heterocycles. The number of rotatable bonds is 5. The van der Waals surface area contributed by atoms with Crippen molar-refractivity contribution in [3.63, 3.8) is 0 Å². The van der Waals surface area contributed by atoms with Crippen molar-refractivity contribution in [2.24, 2.45) is 0 Å². The van der Waals surface area contributed by atoms with E-state index in [1.165, 1.54) is 11.1 Å². The van der Waals surface area contributed by atoms with Crippen molar-refractivity contribution in [2.75, 3.05) is 23.3 Å². The lowest BCUT2D eigenvalue weighted by Gasteiger charge is -2.20. The Hall–Kier alpha value is -2.10. The minimum atomic E-state index is 0.642. The monoisotopic (exact) mass is 270 g/mol. The molecule has 0 aliphatic carbocycles. The molecule has 0 atom stereocenters. The molecule has 0 bridgehead atoms. The Bertz CT molecular complexity index is 576. The highest BCUT2D eigenvalue weighted by Crippen LogP contribution is 2.20. The average Bonchev–Trinajstić information content (AvgIpc) is 2.45. The van der Waals surface area contributed by atoms with Gasteiger partial charge in [-0.05, 0) is 51.0 Å². The Morgan fingerprint density at radius 1 is 1.10 bits per heavy atom. The molecule has 0 aliphatic heterocycles. The Labute approximate surface area is 120 Å². The molecule has 1 aromatic carbocycles. The molecule has 106 valence electrons. The SMILES string of the molecule is CCN(CC)c1ccnc(Nc2cc(C)ccc2C)n1. The lowest BCUT2D eigenvalue weighted by molar-refractivity contribution is 0.843. The van der Waals surface area contributed by atoms with E-state index in [0.29, 0.717) is 5.95 Å². The molecule has 0 radical (unpaired) electrons. The van der Waals surface area contributed by atoms with E-state index in [-0.39, 0.29) is 0 Å². The van der Waals surface area contributed by atoms with Crippen LogP contribution in [-0.2, 0) is 0 Å². The van der Waals surface area contributed by atoms with Gasteiger partial charge >= 0.3 is 0 Å². The van der Waals surface area contributed by atoms with Crippen LogP contribution in [0, 0.1) is 13.8 Å². The largest absolute Gasteiger partial charge is 0.357 e. The number of hydrogen-bond acceptors (Lipinski definition) is 4. The predicted molar refractivity (Wildman–Crippen MR) is 84.8 cm³/mol. The second-order valence-corrected chi connectivity index (χ2v) is 4.85. The van der Waals surface area contributed by atoms with Gasteiger partial charge in [0, 0.05) is 25.0 Å². The lowest BCUT2D eigenvalue weighted by atomic mass is 10.1. The molecule has 0 aliphatic rings. The summed E-state index contributed by atoms with van der Waals surface area (Å²) < 4.78 is 0. The maximum atomic E-state index is 4.58. The minimum Gasteiger partial charge on any atom is -0.357 e. The Morgan fingerprint density at radius 3 is 2.55 bits per heavy atom. The number of benzene rings is 1. The van der Waals surface area contributed by atoms with Gasteiger partial charge < -0.3 is 10.2 Å². The molecule has 0 saturated carbocycles. The lowest BCUT2D eigenvalue weighted by Crippen LogP contribution is -2.23. The first kappa shape index (κ1) is 14.3. The summed E-state index contributed by atoms with van der Waals surface area (Å²) in [5, 5.41) is 3.31. The second-order valence-electron chi connectivity index (χ2n) is 4.85. The van der Waals surface area contributed by atoms with Crippen LogP contribution in [0.3, 0.4) is 0 Å².